The molecule has 0 saturated heterocycles. The summed E-state index contributed by atoms with van der Waals surface area (Å²) in [6, 6.07) is 5.22. The van der Waals surface area contributed by atoms with Gasteiger partial charge in [-0.2, -0.15) is 4.72 Å². The van der Waals surface area contributed by atoms with Crippen molar-refractivity contribution in [2.45, 2.75) is 36.7 Å². The lowest BCUT2D eigenvalue weighted by Gasteiger charge is -2.14. The summed E-state index contributed by atoms with van der Waals surface area (Å²) in [5.74, 6) is -0.304. The smallest absolute Gasteiger partial charge is 0.241 e. The fourth-order valence-corrected chi connectivity index (χ4v) is 2.76. The van der Waals surface area contributed by atoms with E-state index in [1.807, 2.05) is 0 Å². The average molecular weight is 283 g/mol. The molecule has 1 aliphatic rings. The Kier molecular flexibility index (Phi) is 3.77. The molecule has 1 aliphatic carbocycles. The number of benzene rings is 1. The van der Waals surface area contributed by atoms with Crippen LogP contribution in [0.25, 0.3) is 0 Å². The van der Waals surface area contributed by atoms with Crippen molar-refractivity contribution in [1.82, 2.24) is 10.0 Å². The fraction of sp³-hybridized carbons (Fsp3) is 0.417. The minimum atomic E-state index is -3.70. The van der Waals surface area contributed by atoms with Crippen LogP contribution in [0.2, 0.25) is 0 Å². The maximum absolute atomic E-state index is 12.0. The summed E-state index contributed by atoms with van der Waals surface area (Å²) in [5, 5.41) is 2.75. The molecule has 1 saturated carbocycles. The van der Waals surface area contributed by atoms with Crippen LogP contribution in [0.15, 0.2) is 29.2 Å². The zero-order valence-corrected chi connectivity index (χ0v) is 11.4. The predicted molar refractivity (Wildman–Crippen MR) is 71.8 cm³/mol. The Morgan fingerprint density at radius 3 is 2.42 bits per heavy atom. The molecule has 0 spiro atoms. The molecule has 4 N–H and O–H groups in total. The number of hydrogen-bond acceptors (Lipinski definition) is 4. The van der Waals surface area contributed by atoms with Gasteiger partial charge in [-0.25, -0.2) is 8.42 Å². The van der Waals surface area contributed by atoms with Gasteiger partial charge in [-0.15, -0.1) is 0 Å². The second-order valence-corrected chi connectivity index (χ2v) is 6.41. The summed E-state index contributed by atoms with van der Waals surface area (Å²) in [4.78, 5) is 11.8. The van der Waals surface area contributed by atoms with Crippen molar-refractivity contribution in [2.75, 3.05) is 5.73 Å². The Morgan fingerprint density at radius 2 is 1.89 bits per heavy atom. The number of hydrogen-bond donors (Lipinski definition) is 3. The fourth-order valence-electron chi connectivity index (χ4n) is 1.56. The number of nitrogens with one attached hydrogen (secondary N) is 2. The standard InChI is InChI=1S/C12H17N3O3S/c1-8(12(16)14-10-4-5-10)15-19(17,18)11-6-2-9(13)3-7-11/h2-3,6-8,10,15H,4-5,13H2,1H3,(H,14,16). The Balaban J connectivity index is 2.03. The molecule has 1 aromatic carbocycles. The van der Waals surface area contributed by atoms with Gasteiger partial charge in [-0.1, -0.05) is 0 Å². The number of rotatable bonds is 5. The molecule has 104 valence electrons. The minimum Gasteiger partial charge on any atom is -0.399 e. The highest BCUT2D eigenvalue weighted by Gasteiger charge is 2.27. The van der Waals surface area contributed by atoms with Crippen molar-refractivity contribution in [3.8, 4) is 0 Å². The molecule has 1 amide bonds. The van der Waals surface area contributed by atoms with Crippen molar-refractivity contribution in [1.29, 1.82) is 0 Å². The lowest BCUT2D eigenvalue weighted by Crippen LogP contribution is -2.45. The number of sulfonamides is 1. The first-order valence-electron chi connectivity index (χ1n) is 6.07. The molecule has 2 rings (SSSR count). The van der Waals surface area contributed by atoms with Crippen LogP contribution < -0.4 is 15.8 Å². The molecule has 0 aliphatic heterocycles. The molecule has 0 radical (unpaired) electrons. The molecule has 19 heavy (non-hydrogen) atoms. The zero-order valence-electron chi connectivity index (χ0n) is 10.6. The van der Waals surface area contributed by atoms with Gasteiger partial charge in [-0.3, -0.25) is 4.79 Å². The highest BCUT2D eigenvalue weighted by atomic mass is 32.2. The third kappa shape index (κ3) is 3.68. The average Bonchev–Trinajstić information content (AvgIpc) is 3.12. The molecule has 1 atom stereocenters. The van der Waals surface area contributed by atoms with Gasteiger partial charge in [0.1, 0.15) is 0 Å². The van der Waals surface area contributed by atoms with E-state index in [1.54, 1.807) is 0 Å². The Morgan fingerprint density at radius 1 is 1.32 bits per heavy atom. The highest BCUT2D eigenvalue weighted by Crippen LogP contribution is 2.18. The van der Waals surface area contributed by atoms with Gasteiger partial charge in [0.15, 0.2) is 0 Å². The van der Waals surface area contributed by atoms with Gasteiger partial charge < -0.3 is 11.1 Å². The van der Waals surface area contributed by atoms with E-state index in [0.29, 0.717) is 5.69 Å². The van der Waals surface area contributed by atoms with Gasteiger partial charge in [0.05, 0.1) is 10.9 Å². The zero-order chi connectivity index (χ0) is 14.0. The maximum atomic E-state index is 12.0. The van der Waals surface area contributed by atoms with Crippen LogP contribution >= 0.6 is 0 Å². The number of nitrogen functional groups attached to an aromatic ring is 1. The van der Waals surface area contributed by atoms with E-state index in [9.17, 15) is 13.2 Å². The van der Waals surface area contributed by atoms with Crippen molar-refractivity contribution in [2.24, 2.45) is 0 Å². The van der Waals surface area contributed by atoms with Crippen molar-refractivity contribution in [3.05, 3.63) is 24.3 Å². The largest absolute Gasteiger partial charge is 0.399 e. The summed E-state index contributed by atoms with van der Waals surface area (Å²) in [5.41, 5.74) is 5.99. The lowest BCUT2D eigenvalue weighted by atomic mass is 10.3. The van der Waals surface area contributed by atoms with Gasteiger partial charge >= 0.3 is 0 Å². The molecule has 1 fully saturated rings. The van der Waals surface area contributed by atoms with Crippen LogP contribution in [0.1, 0.15) is 19.8 Å². The minimum absolute atomic E-state index is 0.0905. The number of nitrogens with two attached hydrogens (primary N) is 1. The molecule has 0 bridgehead atoms. The molecular weight excluding hydrogens is 266 g/mol. The number of carbonyl (C=O) groups is 1. The third-order valence-electron chi connectivity index (χ3n) is 2.84. The molecule has 7 heteroatoms. The van der Waals surface area contributed by atoms with Gasteiger partial charge in [-0.05, 0) is 44.0 Å². The monoisotopic (exact) mass is 283 g/mol. The first-order chi connectivity index (χ1) is 8.88. The van der Waals surface area contributed by atoms with Crippen molar-refractivity contribution >= 4 is 21.6 Å². The van der Waals surface area contributed by atoms with E-state index >= 15 is 0 Å². The summed E-state index contributed by atoms with van der Waals surface area (Å²) < 4.78 is 26.4. The maximum Gasteiger partial charge on any atom is 0.241 e. The first kappa shape index (κ1) is 13.8. The molecule has 0 heterocycles. The van der Waals surface area contributed by atoms with E-state index in [4.69, 9.17) is 5.73 Å². The topological polar surface area (TPSA) is 101 Å². The van der Waals surface area contributed by atoms with Crippen LogP contribution in [0, 0.1) is 0 Å². The summed E-state index contributed by atoms with van der Waals surface area (Å²) in [6.07, 6.45) is 1.92. The number of carbonyl (C=O) groups excluding carboxylic acids is 1. The summed E-state index contributed by atoms with van der Waals surface area (Å²) in [7, 11) is -3.70. The Labute approximate surface area is 112 Å². The Hall–Kier alpha value is -1.60. The quantitative estimate of drug-likeness (QED) is 0.672. The number of anilines is 1. The van der Waals surface area contributed by atoms with Gasteiger partial charge in [0, 0.05) is 11.7 Å². The van der Waals surface area contributed by atoms with Crippen LogP contribution in [-0.4, -0.2) is 26.4 Å². The van der Waals surface area contributed by atoms with E-state index in [1.165, 1.54) is 31.2 Å². The first-order valence-corrected chi connectivity index (χ1v) is 7.55. The van der Waals surface area contributed by atoms with Crippen LogP contribution in [0.3, 0.4) is 0 Å². The van der Waals surface area contributed by atoms with Crippen LogP contribution in [0.4, 0.5) is 5.69 Å². The van der Waals surface area contributed by atoms with Crippen molar-refractivity contribution in [3.63, 3.8) is 0 Å². The second-order valence-electron chi connectivity index (χ2n) is 4.69. The van der Waals surface area contributed by atoms with Gasteiger partial charge in [0.25, 0.3) is 0 Å². The number of amides is 1. The Bertz CT molecular complexity index is 564. The summed E-state index contributed by atoms with van der Waals surface area (Å²) in [6.45, 7) is 1.52. The van der Waals surface area contributed by atoms with Crippen LogP contribution in [-0.2, 0) is 14.8 Å². The molecule has 1 unspecified atom stereocenters. The predicted octanol–water partition coefficient (Wildman–Crippen LogP) is 0.214. The summed E-state index contributed by atoms with van der Waals surface area (Å²) >= 11 is 0. The normalized spacial score (nSPS) is 16.9. The van der Waals surface area contributed by atoms with E-state index in [-0.39, 0.29) is 16.8 Å². The lowest BCUT2D eigenvalue weighted by molar-refractivity contribution is -0.122. The third-order valence-corrected chi connectivity index (χ3v) is 4.40. The molecule has 6 nitrogen and oxygen atoms in total. The highest BCUT2D eigenvalue weighted by molar-refractivity contribution is 7.89. The van der Waals surface area contributed by atoms with Gasteiger partial charge in [0.2, 0.25) is 15.9 Å². The van der Waals surface area contributed by atoms with E-state index < -0.39 is 16.1 Å². The second kappa shape index (κ2) is 5.18. The van der Waals surface area contributed by atoms with E-state index in [2.05, 4.69) is 10.0 Å². The van der Waals surface area contributed by atoms with E-state index in [0.717, 1.165) is 12.8 Å². The molecule has 1 aromatic rings. The van der Waals surface area contributed by atoms with Crippen molar-refractivity contribution < 1.29 is 13.2 Å². The molecule has 0 aromatic heterocycles. The SMILES string of the molecule is CC(NS(=O)(=O)c1ccc(N)cc1)C(=O)NC1CC1. The molecular formula is C12H17N3O3S. The van der Waals surface area contributed by atoms with Crippen LogP contribution in [0.5, 0.6) is 0 Å².